The Morgan fingerprint density at radius 2 is 1.77 bits per heavy atom. The fraction of sp³-hybridized carbons (Fsp3) is 0.227. The summed E-state index contributed by atoms with van der Waals surface area (Å²) < 4.78 is 4.00. The Balaban J connectivity index is 1.48. The fourth-order valence-corrected chi connectivity index (χ4v) is 3.79. The van der Waals surface area contributed by atoms with Crippen molar-refractivity contribution in [1.82, 2.24) is 40.0 Å². The van der Waals surface area contributed by atoms with Gasteiger partial charge in [-0.15, -0.1) is 19.9 Å². The van der Waals surface area contributed by atoms with Crippen LogP contribution in [0.25, 0.3) is 28.2 Å². The molecule has 0 amide bonds. The standard InChI is InChI=1S/C22H22N8/c1-3-6-20-26-30-21(13-15(2)25-30)29(20)14-16-9-11-17(12-10-16)18-7-4-5-8-19(18)22-23-27-28-24-22/h4-5,7-13H,3,6,14H2,1-2H3,(H,23,24,27,28). The fourth-order valence-electron chi connectivity index (χ4n) is 3.79. The zero-order valence-corrected chi connectivity index (χ0v) is 16.9. The SMILES string of the molecule is CCCc1nn2nc(C)cc2n1Cc1ccc(-c2ccccc2-c2nn[nH]n2)cc1. The van der Waals surface area contributed by atoms with Crippen molar-refractivity contribution >= 4 is 5.65 Å². The summed E-state index contributed by atoms with van der Waals surface area (Å²) in [7, 11) is 0. The van der Waals surface area contributed by atoms with E-state index in [9.17, 15) is 0 Å². The second-order valence-electron chi connectivity index (χ2n) is 7.36. The highest BCUT2D eigenvalue weighted by molar-refractivity contribution is 5.80. The topological polar surface area (TPSA) is 89.6 Å². The van der Waals surface area contributed by atoms with Crippen LogP contribution in [0, 0.1) is 6.92 Å². The molecule has 8 heteroatoms. The first kappa shape index (κ1) is 18.2. The van der Waals surface area contributed by atoms with E-state index >= 15 is 0 Å². The zero-order chi connectivity index (χ0) is 20.5. The molecule has 2 aromatic carbocycles. The number of tetrazole rings is 1. The minimum absolute atomic E-state index is 0.593. The normalized spacial score (nSPS) is 11.4. The predicted molar refractivity (Wildman–Crippen MR) is 114 cm³/mol. The van der Waals surface area contributed by atoms with Crippen molar-refractivity contribution in [1.29, 1.82) is 0 Å². The van der Waals surface area contributed by atoms with E-state index in [1.807, 2.05) is 25.1 Å². The van der Waals surface area contributed by atoms with Crippen LogP contribution in [-0.2, 0) is 13.0 Å². The van der Waals surface area contributed by atoms with E-state index in [1.165, 1.54) is 5.56 Å². The summed E-state index contributed by atoms with van der Waals surface area (Å²) in [5.41, 5.74) is 6.37. The lowest BCUT2D eigenvalue weighted by atomic mass is 9.98. The average Bonchev–Trinajstić information content (AvgIpc) is 3.48. The molecule has 0 spiro atoms. The van der Waals surface area contributed by atoms with Gasteiger partial charge < -0.3 is 4.57 Å². The van der Waals surface area contributed by atoms with Gasteiger partial charge in [0.05, 0.1) is 12.2 Å². The summed E-state index contributed by atoms with van der Waals surface area (Å²) in [5, 5.41) is 23.6. The molecule has 0 unspecified atom stereocenters. The van der Waals surface area contributed by atoms with Crippen LogP contribution in [-0.4, -0.2) is 40.0 Å². The minimum atomic E-state index is 0.593. The monoisotopic (exact) mass is 398 g/mol. The molecule has 3 heterocycles. The van der Waals surface area contributed by atoms with Crippen LogP contribution in [0.1, 0.15) is 30.4 Å². The predicted octanol–water partition coefficient (Wildman–Crippen LogP) is 3.69. The van der Waals surface area contributed by atoms with Crippen LogP contribution in [0.2, 0.25) is 0 Å². The Bertz CT molecular complexity index is 1280. The second-order valence-corrected chi connectivity index (χ2v) is 7.36. The highest BCUT2D eigenvalue weighted by atomic mass is 15.5. The molecule has 0 saturated heterocycles. The molecule has 0 bridgehead atoms. The molecule has 8 nitrogen and oxygen atoms in total. The van der Waals surface area contributed by atoms with Gasteiger partial charge in [0.2, 0.25) is 5.82 Å². The number of fused-ring (bicyclic) bond motifs is 1. The van der Waals surface area contributed by atoms with Crippen LogP contribution in [0.15, 0.2) is 54.6 Å². The number of nitrogens with zero attached hydrogens (tertiary/aromatic N) is 7. The molecular formula is C22H22N8. The number of hydrogen-bond donors (Lipinski definition) is 1. The third kappa shape index (κ3) is 3.26. The number of aromatic amines is 1. The van der Waals surface area contributed by atoms with E-state index in [4.69, 9.17) is 0 Å². The van der Waals surface area contributed by atoms with Crippen molar-refractivity contribution in [2.75, 3.05) is 0 Å². The quantitative estimate of drug-likeness (QED) is 0.471. The minimum Gasteiger partial charge on any atom is -0.307 e. The van der Waals surface area contributed by atoms with Crippen LogP contribution >= 0.6 is 0 Å². The maximum atomic E-state index is 4.67. The van der Waals surface area contributed by atoms with Gasteiger partial charge in [0, 0.05) is 18.1 Å². The lowest BCUT2D eigenvalue weighted by Gasteiger charge is -2.10. The Morgan fingerprint density at radius 1 is 0.967 bits per heavy atom. The first-order valence-electron chi connectivity index (χ1n) is 10.1. The molecule has 0 aliphatic heterocycles. The number of rotatable bonds is 6. The van der Waals surface area contributed by atoms with Gasteiger partial charge in [-0.25, -0.2) is 0 Å². The average molecular weight is 398 g/mol. The molecule has 3 aromatic heterocycles. The lowest BCUT2D eigenvalue weighted by Crippen LogP contribution is -2.05. The van der Waals surface area contributed by atoms with Crippen molar-refractivity contribution in [2.45, 2.75) is 33.2 Å². The van der Waals surface area contributed by atoms with Gasteiger partial charge in [0.1, 0.15) is 5.82 Å². The van der Waals surface area contributed by atoms with Crippen molar-refractivity contribution in [2.24, 2.45) is 0 Å². The third-order valence-electron chi connectivity index (χ3n) is 5.19. The molecule has 0 atom stereocenters. The highest BCUT2D eigenvalue weighted by Crippen LogP contribution is 2.30. The number of benzene rings is 2. The molecule has 5 aromatic rings. The molecule has 1 N–H and O–H groups in total. The number of H-pyrrole nitrogens is 1. The number of nitrogens with one attached hydrogen (secondary N) is 1. The van der Waals surface area contributed by atoms with Gasteiger partial charge in [0.25, 0.3) is 0 Å². The second kappa shape index (κ2) is 7.55. The molecule has 0 fully saturated rings. The van der Waals surface area contributed by atoms with E-state index in [0.717, 1.165) is 53.2 Å². The number of aromatic nitrogens is 8. The van der Waals surface area contributed by atoms with Crippen molar-refractivity contribution < 1.29 is 0 Å². The van der Waals surface area contributed by atoms with E-state index in [2.05, 4.69) is 78.7 Å². The van der Waals surface area contributed by atoms with Crippen LogP contribution < -0.4 is 0 Å². The van der Waals surface area contributed by atoms with Crippen molar-refractivity contribution in [3.63, 3.8) is 0 Å². The summed E-state index contributed by atoms with van der Waals surface area (Å²) in [6, 6.07) is 18.8. The summed E-state index contributed by atoms with van der Waals surface area (Å²) >= 11 is 0. The largest absolute Gasteiger partial charge is 0.307 e. The van der Waals surface area contributed by atoms with E-state index < -0.39 is 0 Å². The summed E-state index contributed by atoms with van der Waals surface area (Å²) in [4.78, 5) is 0. The van der Waals surface area contributed by atoms with Gasteiger partial charge in [-0.1, -0.05) is 55.5 Å². The van der Waals surface area contributed by atoms with Gasteiger partial charge in [-0.2, -0.15) is 10.3 Å². The Labute approximate surface area is 173 Å². The van der Waals surface area contributed by atoms with Crippen LogP contribution in [0.3, 0.4) is 0 Å². The molecule has 0 saturated carbocycles. The van der Waals surface area contributed by atoms with Crippen molar-refractivity contribution in [3.05, 3.63) is 71.7 Å². The lowest BCUT2D eigenvalue weighted by molar-refractivity contribution is 0.706. The third-order valence-corrected chi connectivity index (χ3v) is 5.19. The Morgan fingerprint density at radius 3 is 2.50 bits per heavy atom. The molecular weight excluding hydrogens is 376 g/mol. The molecule has 150 valence electrons. The van der Waals surface area contributed by atoms with Crippen LogP contribution in [0.5, 0.6) is 0 Å². The molecule has 30 heavy (non-hydrogen) atoms. The molecule has 0 aliphatic rings. The number of aryl methyl sites for hydroxylation is 2. The number of hydrogen-bond acceptors (Lipinski definition) is 5. The van der Waals surface area contributed by atoms with Gasteiger partial charge >= 0.3 is 0 Å². The first-order chi connectivity index (χ1) is 14.7. The van der Waals surface area contributed by atoms with Gasteiger partial charge in [-0.05, 0) is 35.2 Å². The van der Waals surface area contributed by atoms with Crippen LogP contribution in [0.4, 0.5) is 0 Å². The summed E-state index contributed by atoms with van der Waals surface area (Å²) in [6.07, 6.45) is 1.98. The highest BCUT2D eigenvalue weighted by Gasteiger charge is 2.14. The molecule has 0 aliphatic carbocycles. The molecule has 5 rings (SSSR count). The summed E-state index contributed by atoms with van der Waals surface area (Å²) in [5.74, 6) is 1.65. The summed E-state index contributed by atoms with van der Waals surface area (Å²) in [6.45, 7) is 4.92. The Kier molecular flexibility index (Phi) is 4.59. The maximum Gasteiger partial charge on any atom is 0.205 e. The van der Waals surface area contributed by atoms with E-state index in [1.54, 1.807) is 4.63 Å². The Hall–Kier alpha value is -3.81. The first-order valence-corrected chi connectivity index (χ1v) is 10.1. The van der Waals surface area contributed by atoms with E-state index in [-0.39, 0.29) is 0 Å². The van der Waals surface area contributed by atoms with E-state index in [0.29, 0.717) is 5.82 Å². The van der Waals surface area contributed by atoms with Gasteiger partial charge in [0.15, 0.2) is 5.65 Å². The smallest absolute Gasteiger partial charge is 0.205 e. The maximum absolute atomic E-state index is 4.67. The van der Waals surface area contributed by atoms with Gasteiger partial charge in [-0.3, -0.25) is 0 Å². The zero-order valence-electron chi connectivity index (χ0n) is 16.9. The molecule has 0 radical (unpaired) electrons. The van der Waals surface area contributed by atoms with Crippen molar-refractivity contribution in [3.8, 4) is 22.5 Å².